The zero-order valence-corrected chi connectivity index (χ0v) is 31.9. The van der Waals surface area contributed by atoms with E-state index in [1.54, 1.807) is 0 Å². The minimum atomic E-state index is 0.220. The Labute approximate surface area is 206 Å². The van der Waals surface area contributed by atoms with Crippen molar-refractivity contribution >= 4 is 71.3 Å². The minimum absolute atomic E-state index is 0.220. The maximum absolute atomic E-state index is 2.49. The van der Waals surface area contributed by atoms with Gasteiger partial charge in [0.1, 0.15) is 0 Å². The highest BCUT2D eigenvalue weighted by atomic mass is 31.3. The van der Waals surface area contributed by atoms with Gasteiger partial charge in [-0.2, -0.15) is 0 Å². The molecular formula is C21H57P9. The molecular weight excluding hydrogens is 531 g/mol. The van der Waals surface area contributed by atoms with Crippen LogP contribution < -0.4 is 0 Å². The van der Waals surface area contributed by atoms with Crippen LogP contribution in [0.2, 0.25) is 0 Å². The van der Waals surface area contributed by atoms with E-state index in [0.29, 0.717) is 39.6 Å². The second-order valence-corrected chi connectivity index (χ2v) is 35.7. The quantitative estimate of drug-likeness (QED) is 0.235. The van der Waals surface area contributed by atoms with Crippen LogP contribution in [0, 0.1) is 0 Å². The van der Waals surface area contributed by atoms with Gasteiger partial charge in [-0.3, -0.25) is 0 Å². The van der Waals surface area contributed by atoms with Gasteiger partial charge in [-0.25, -0.2) is 0 Å². The monoisotopic (exact) mass is 588 g/mol. The molecule has 0 saturated carbocycles. The molecule has 186 valence electrons. The van der Waals surface area contributed by atoms with Crippen molar-refractivity contribution in [2.45, 2.75) is 9.52 Å². The van der Waals surface area contributed by atoms with Crippen LogP contribution in [0.15, 0.2) is 0 Å². The van der Waals surface area contributed by atoms with E-state index >= 15 is 0 Å². The third kappa shape index (κ3) is 15.8. The summed E-state index contributed by atoms with van der Waals surface area (Å²) in [6.07, 6.45) is 0. The predicted octanol–water partition coefficient (Wildman–Crippen LogP) is 10.5. The minimum Gasteiger partial charge on any atom is -0.109 e. The summed E-state index contributed by atoms with van der Waals surface area (Å²) in [6.45, 7) is 43.8. The summed E-state index contributed by atoms with van der Waals surface area (Å²) >= 11 is 0. The van der Waals surface area contributed by atoms with E-state index < -0.39 is 0 Å². The lowest BCUT2D eigenvalue weighted by Crippen LogP contribution is -2.18. The standard InChI is InChI=1S/C9H24P4.C7H19P3.C5H14P2/c1-10(2)9(11(3)4,12(5)6)13(7)8;1-8(2)7(9(3)4)10(5)6;1-6(2)5-7(3)4/h1-8H3;7H,1-6H3;5H2,1-4H3. The van der Waals surface area contributed by atoms with Crippen molar-refractivity contribution in [3.8, 4) is 0 Å². The molecule has 0 heterocycles. The van der Waals surface area contributed by atoms with Crippen molar-refractivity contribution in [3.05, 3.63) is 0 Å². The molecule has 0 N–H and O–H groups in total. The van der Waals surface area contributed by atoms with E-state index in [1.807, 2.05) is 0 Å². The second-order valence-electron chi connectivity index (χ2n) is 9.72. The molecule has 0 saturated heterocycles. The summed E-state index contributed by atoms with van der Waals surface area (Å²) in [5, 5.41) is 1.08. The lowest BCUT2D eigenvalue weighted by atomic mass is 11.7. The molecule has 0 bridgehead atoms. The zero-order valence-electron chi connectivity index (χ0n) is 23.8. The summed E-state index contributed by atoms with van der Waals surface area (Å²) in [4.78, 5) is 0. The van der Waals surface area contributed by atoms with E-state index in [9.17, 15) is 0 Å². The lowest BCUT2D eigenvalue weighted by molar-refractivity contribution is 1.61. The van der Waals surface area contributed by atoms with Crippen molar-refractivity contribution in [2.75, 3.05) is 126 Å². The molecule has 0 radical (unpaired) electrons. The van der Waals surface area contributed by atoms with E-state index in [2.05, 4.69) is 120 Å². The van der Waals surface area contributed by atoms with Crippen molar-refractivity contribution in [2.24, 2.45) is 0 Å². The van der Waals surface area contributed by atoms with Crippen molar-refractivity contribution in [1.82, 2.24) is 0 Å². The van der Waals surface area contributed by atoms with Crippen LogP contribution in [0.5, 0.6) is 0 Å². The van der Waals surface area contributed by atoms with Gasteiger partial charge in [-0.1, -0.05) is 31.7 Å². The Morgan fingerprint density at radius 3 is 0.600 bits per heavy atom. The fourth-order valence-corrected chi connectivity index (χ4v) is 39.2. The van der Waals surface area contributed by atoms with Gasteiger partial charge in [-0.15, -0.1) is 39.6 Å². The lowest BCUT2D eigenvalue weighted by Gasteiger charge is -2.49. The molecule has 0 fully saturated rings. The van der Waals surface area contributed by atoms with Gasteiger partial charge >= 0.3 is 0 Å². The van der Waals surface area contributed by atoms with Crippen LogP contribution in [0.1, 0.15) is 0 Å². The second kappa shape index (κ2) is 20.0. The Bertz CT molecular complexity index is 329. The molecule has 0 unspecified atom stereocenters. The molecule has 0 rings (SSSR count). The molecule has 0 aromatic heterocycles. The molecule has 0 amide bonds. The average Bonchev–Trinajstić information content (AvgIpc) is 2.43. The molecule has 0 atom stereocenters. The summed E-state index contributed by atoms with van der Waals surface area (Å²) in [6, 6.07) is 0. The van der Waals surface area contributed by atoms with Crippen molar-refractivity contribution < 1.29 is 0 Å². The summed E-state index contributed by atoms with van der Waals surface area (Å²) in [5.74, 6) is 1.49. The SMILES string of the molecule is CP(C)C(P(C)C)(P(C)C)P(C)C.CP(C)C(P(C)C)P(C)C.CP(C)CP(C)C. The molecule has 0 spiro atoms. The Morgan fingerprint density at radius 2 is 0.600 bits per heavy atom. The zero-order chi connectivity index (χ0) is 25.0. The maximum atomic E-state index is 2.49. The van der Waals surface area contributed by atoms with Gasteiger partial charge in [0.05, 0.1) is 0 Å². The molecule has 0 aromatic rings. The summed E-state index contributed by atoms with van der Waals surface area (Å²) in [5.41, 5.74) is 0. The van der Waals surface area contributed by atoms with Crippen LogP contribution in [0.3, 0.4) is 0 Å². The Balaban J connectivity index is -0.000000383. The maximum Gasteiger partial charge on any atom is 0.0469 e. The third-order valence-electron chi connectivity index (χ3n) is 4.35. The molecule has 30 heavy (non-hydrogen) atoms. The van der Waals surface area contributed by atoms with E-state index in [-0.39, 0.29) is 31.7 Å². The Hall–Kier alpha value is 3.87. The fourth-order valence-electron chi connectivity index (χ4n) is 4.35. The largest absolute Gasteiger partial charge is 0.109 e. The van der Waals surface area contributed by atoms with E-state index in [0.717, 1.165) is 9.52 Å². The smallest absolute Gasteiger partial charge is 0.0469 e. The average molecular weight is 588 g/mol. The first-order chi connectivity index (χ1) is 13.4. The third-order valence-corrected chi connectivity index (χ3v) is 39.2. The van der Waals surface area contributed by atoms with Gasteiger partial charge in [0.15, 0.2) is 0 Å². The molecule has 0 aliphatic rings. The fraction of sp³-hybridized carbons (Fsp3) is 1.00. The summed E-state index contributed by atoms with van der Waals surface area (Å²) in [7, 11) is 2.60. The van der Waals surface area contributed by atoms with Crippen molar-refractivity contribution in [1.29, 1.82) is 0 Å². The van der Waals surface area contributed by atoms with Gasteiger partial charge < -0.3 is 0 Å². The first-order valence-electron chi connectivity index (χ1n) is 10.4. The first-order valence-corrected chi connectivity index (χ1v) is 31.1. The molecule has 0 aliphatic carbocycles. The predicted molar refractivity (Wildman–Crippen MR) is 180 cm³/mol. The highest BCUT2D eigenvalue weighted by Gasteiger charge is 2.42. The van der Waals surface area contributed by atoms with Gasteiger partial charge in [0, 0.05) is 9.52 Å². The molecule has 0 nitrogen and oxygen atoms in total. The van der Waals surface area contributed by atoms with Crippen LogP contribution in [0.25, 0.3) is 0 Å². The number of hydrogen-bond acceptors (Lipinski definition) is 0. The van der Waals surface area contributed by atoms with Crippen LogP contribution >= 0.6 is 71.3 Å². The summed E-state index contributed by atoms with van der Waals surface area (Å²) < 4.78 is 0.759. The molecule has 9 heteroatoms. The topological polar surface area (TPSA) is 0 Å². The normalized spacial score (nSPS) is 12.8. The highest BCUT2D eigenvalue weighted by molar-refractivity contribution is 8.06. The van der Waals surface area contributed by atoms with Gasteiger partial charge in [0.25, 0.3) is 0 Å². The number of rotatable bonds is 9. The Morgan fingerprint density at radius 1 is 0.400 bits per heavy atom. The molecule has 0 aliphatic heterocycles. The number of hydrogen-bond donors (Lipinski definition) is 0. The van der Waals surface area contributed by atoms with Crippen molar-refractivity contribution in [3.63, 3.8) is 0 Å². The molecule has 0 aromatic carbocycles. The van der Waals surface area contributed by atoms with Crippen LogP contribution in [0.4, 0.5) is 0 Å². The van der Waals surface area contributed by atoms with Crippen LogP contribution in [-0.4, -0.2) is 135 Å². The first kappa shape index (κ1) is 38.4. The van der Waals surface area contributed by atoms with Gasteiger partial charge in [-0.05, 0) is 126 Å². The Kier molecular flexibility index (Phi) is 25.6. The highest BCUT2D eigenvalue weighted by Crippen LogP contribution is 2.84. The van der Waals surface area contributed by atoms with E-state index in [4.69, 9.17) is 0 Å². The van der Waals surface area contributed by atoms with E-state index in [1.165, 1.54) is 5.90 Å². The van der Waals surface area contributed by atoms with Crippen LogP contribution in [-0.2, 0) is 0 Å². The van der Waals surface area contributed by atoms with Gasteiger partial charge in [0.2, 0.25) is 0 Å².